The van der Waals surface area contributed by atoms with Crippen LogP contribution < -0.4 is 5.73 Å². The second-order valence-corrected chi connectivity index (χ2v) is 5.99. The standard InChI is InChI=1S/C15H12ClFN2S/c16-11-2-1-9(5-12(11)17)6-13(18)10-7-15-14(19-8-10)3-4-20-15/h1-5,7-8,13H,6,18H2. The molecule has 1 unspecified atom stereocenters. The van der Waals surface area contributed by atoms with Crippen molar-refractivity contribution in [3.8, 4) is 0 Å². The molecule has 102 valence electrons. The number of thiophene rings is 1. The molecular weight excluding hydrogens is 295 g/mol. The van der Waals surface area contributed by atoms with E-state index in [9.17, 15) is 4.39 Å². The van der Waals surface area contributed by atoms with Crippen molar-refractivity contribution in [2.45, 2.75) is 12.5 Å². The smallest absolute Gasteiger partial charge is 0.142 e. The summed E-state index contributed by atoms with van der Waals surface area (Å²) in [5, 5.41) is 2.13. The van der Waals surface area contributed by atoms with Crippen LogP contribution in [-0.2, 0) is 6.42 Å². The first-order valence-electron chi connectivity index (χ1n) is 6.16. The lowest BCUT2D eigenvalue weighted by Gasteiger charge is -2.12. The van der Waals surface area contributed by atoms with Crippen molar-refractivity contribution < 1.29 is 4.39 Å². The van der Waals surface area contributed by atoms with Crippen molar-refractivity contribution in [3.05, 3.63) is 63.9 Å². The molecule has 0 spiro atoms. The van der Waals surface area contributed by atoms with E-state index in [1.54, 1.807) is 29.7 Å². The van der Waals surface area contributed by atoms with Gasteiger partial charge in [0.05, 0.1) is 15.2 Å². The van der Waals surface area contributed by atoms with Crippen molar-refractivity contribution in [1.29, 1.82) is 0 Å². The van der Waals surface area contributed by atoms with Gasteiger partial charge in [0.2, 0.25) is 0 Å². The molecular formula is C15H12ClFN2S. The molecule has 0 bridgehead atoms. The normalized spacial score (nSPS) is 12.8. The molecule has 0 aliphatic heterocycles. The van der Waals surface area contributed by atoms with Crippen molar-refractivity contribution in [2.75, 3.05) is 0 Å². The molecule has 3 rings (SSSR count). The Morgan fingerprint density at radius 2 is 2.15 bits per heavy atom. The van der Waals surface area contributed by atoms with Crippen molar-refractivity contribution in [2.24, 2.45) is 5.73 Å². The highest BCUT2D eigenvalue weighted by molar-refractivity contribution is 7.17. The van der Waals surface area contributed by atoms with Crippen LogP contribution in [0.25, 0.3) is 10.2 Å². The molecule has 3 aromatic rings. The highest BCUT2D eigenvalue weighted by atomic mass is 35.5. The predicted molar refractivity (Wildman–Crippen MR) is 81.7 cm³/mol. The zero-order chi connectivity index (χ0) is 14.1. The molecule has 2 nitrogen and oxygen atoms in total. The Morgan fingerprint density at radius 1 is 1.30 bits per heavy atom. The Balaban J connectivity index is 1.84. The lowest BCUT2D eigenvalue weighted by molar-refractivity contribution is 0.622. The molecule has 0 saturated carbocycles. The number of pyridine rings is 1. The number of aromatic nitrogens is 1. The number of hydrogen-bond acceptors (Lipinski definition) is 3. The number of rotatable bonds is 3. The van der Waals surface area contributed by atoms with Crippen LogP contribution in [0.2, 0.25) is 5.02 Å². The van der Waals surface area contributed by atoms with Gasteiger partial charge in [-0.15, -0.1) is 11.3 Å². The molecule has 0 fully saturated rings. The van der Waals surface area contributed by atoms with Crippen molar-refractivity contribution >= 4 is 33.2 Å². The van der Waals surface area contributed by atoms with E-state index < -0.39 is 5.82 Å². The average Bonchev–Trinajstić information content (AvgIpc) is 2.90. The van der Waals surface area contributed by atoms with Gasteiger partial charge in [-0.3, -0.25) is 4.98 Å². The van der Waals surface area contributed by atoms with Crippen LogP contribution in [0.4, 0.5) is 4.39 Å². The number of hydrogen-bond donors (Lipinski definition) is 1. The third-order valence-electron chi connectivity index (χ3n) is 3.19. The van der Waals surface area contributed by atoms with E-state index in [0.717, 1.165) is 21.3 Å². The SMILES string of the molecule is NC(Cc1ccc(Cl)c(F)c1)c1cnc2ccsc2c1. The Hall–Kier alpha value is -1.49. The molecule has 0 aliphatic carbocycles. The number of benzene rings is 1. The molecule has 1 atom stereocenters. The van der Waals surface area contributed by atoms with Crippen LogP contribution >= 0.6 is 22.9 Å². The third kappa shape index (κ3) is 2.68. The highest BCUT2D eigenvalue weighted by Gasteiger charge is 2.10. The molecule has 2 heterocycles. The predicted octanol–water partition coefficient (Wildman–Crippen LogP) is 4.33. The summed E-state index contributed by atoms with van der Waals surface area (Å²) < 4.78 is 14.5. The summed E-state index contributed by atoms with van der Waals surface area (Å²) in [6, 6.07) is 8.59. The Bertz CT molecular complexity index is 756. The maximum Gasteiger partial charge on any atom is 0.142 e. The summed E-state index contributed by atoms with van der Waals surface area (Å²) in [7, 11) is 0. The van der Waals surface area contributed by atoms with E-state index in [4.69, 9.17) is 17.3 Å². The Labute approximate surface area is 125 Å². The fraction of sp³-hybridized carbons (Fsp3) is 0.133. The van der Waals surface area contributed by atoms with E-state index in [-0.39, 0.29) is 11.1 Å². The van der Waals surface area contributed by atoms with Gasteiger partial charge in [-0.1, -0.05) is 17.7 Å². The monoisotopic (exact) mass is 306 g/mol. The topological polar surface area (TPSA) is 38.9 Å². The quantitative estimate of drug-likeness (QED) is 0.782. The Kier molecular flexibility index (Phi) is 3.70. The van der Waals surface area contributed by atoms with E-state index in [1.807, 2.05) is 17.5 Å². The van der Waals surface area contributed by atoms with Crippen molar-refractivity contribution in [1.82, 2.24) is 4.98 Å². The molecule has 2 N–H and O–H groups in total. The van der Waals surface area contributed by atoms with Gasteiger partial charge in [0.25, 0.3) is 0 Å². The lowest BCUT2D eigenvalue weighted by Crippen LogP contribution is -2.13. The summed E-state index contributed by atoms with van der Waals surface area (Å²) in [6.07, 6.45) is 2.33. The summed E-state index contributed by atoms with van der Waals surface area (Å²) in [5.41, 5.74) is 8.94. The first-order chi connectivity index (χ1) is 9.63. The molecule has 0 radical (unpaired) electrons. The van der Waals surface area contributed by atoms with Gasteiger partial charge >= 0.3 is 0 Å². The van der Waals surface area contributed by atoms with Gasteiger partial charge in [0, 0.05) is 12.2 Å². The summed E-state index contributed by atoms with van der Waals surface area (Å²) in [5.74, 6) is -0.414. The first-order valence-corrected chi connectivity index (χ1v) is 7.42. The number of nitrogens with zero attached hydrogens (tertiary/aromatic N) is 1. The zero-order valence-electron chi connectivity index (χ0n) is 10.5. The molecule has 0 amide bonds. The Morgan fingerprint density at radius 3 is 2.95 bits per heavy atom. The van der Waals surface area contributed by atoms with Crippen LogP contribution in [-0.4, -0.2) is 4.98 Å². The summed E-state index contributed by atoms with van der Waals surface area (Å²) >= 11 is 7.31. The number of halogens is 2. The van der Waals surface area contributed by atoms with Gasteiger partial charge < -0.3 is 5.73 Å². The van der Waals surface area contributed by atoms with E-state index in [2.05, 4.69) is 4.98 Å². The minimum absolute atomic E-state index is 0.129. The second kappa shape index (κ2) is 5.48. The third-order valence-corrected chi connectivity index (χ3v) is 4.35. The van der Waals surface area contributed by atoms with Gasteiger partial charge in [-0.2, -0.15) is 0 Å². The van der Waals surface area contributed by atoms with Gasteiger partial charge in [-0.25, -0.2) is 4.39 Å². The molecule has 20 heavy (non-hydrogen) atoms. The van der Waals surface area contributed by atoms with Gasteiger partial charge in [0.15, 0.2) is 0 Å². The highest BCUT2D eigenvalue weighted by Crippen LogP contribution is 2.24. The fourth-order valence-corrected chi connectivity index (χ4v) is 3.01. The van der Waals surface area contributed by atoms with E-state index in [0.29, 0.717) is 6.42 Å². The summed E-state index contributed by atoms with van der Waals surface area (Å²) in [4.78, 5) is 4.37. The molecule has 2 aromatic heterocycles. The number of fused-ring (bicyclic) bond motifs is 1. The molecule has 5 heteroatoms. The van der Waals surface area contributed by atoms with Crippen LogP contribution in [0, 0.1) is 5.82 Å². The average molecular weight is 307 g/mol. The van der Waals surface area contributed by atoms with Crippen LogP contribution in [0.5, 0.6) is 0 Å². The largest absolute Gasteiger partial charge is 0.324 e. The maximum absolute atomic E-state index is 13.4. The molecule has 0 aliphatic rings. The van der Waals surface area contributed by atoms with Crippen LogP contribution in [0.3, 0.4) is 0 Å². The molecule has 0 saturated heterocycles. The lowest BCUT2D eigenvalue weighted by atomic mass is 10.0. The molecule has 1 aromatic carbocycles. The maximum atomic E-state index is 13.4. The van der Waals surface area contributed by atoms with E-state index >= 15 is 0 Å². The van der Waals surface area contributed by atoms with Gasteiger partial charge in [-0.05, 0) is 47.2 Å². The minimum atomic E-state index is -0.414. The van der Waals surface area contributed by atoms with Crippen LogP contribution in [0.15, 0.2) is 41.9 Å². The minimum Gasteiger partial charge on any atom is -0.324 e. The van der Waals surface area contributed by atoms with Crippen LogP contribution in [0.1, 0.15) is 17.2 Å². The summed E-state index contributed by atoms with van der Waals surface area (Å²) in [6.45, 7) is 0. The van der Waals surface area contributed by atoms with Crippen molar-refractivity contribution in [3.63, 3.8) is 0 Å². The van der Waals surface area contributed by atoms with E-state index in [1.165, 1.54) is 6.07 Å². The second-order valence-electron chi connectivity index (χ2n) is 4.63. The number of nitrogens with two attached hydrogens (primary N) is 1. The van der Waals surface area contributed by atoms with Gasteiger partial charge in [0.1, 0.15) is 5.82 Å². The fourth-order valence-electron chi connectivity index (χ4n) is 2.10. The zero-order valence-corrected chi connectivity index (χ0v) is 12.1. The first kappa shape index (κ1) is 13.5.